The van der Waals surface area contributed by atoms with Crippen LogP contribution in [-0.2, 0) is 11.2 Å². The van der Waals surface area contributed by atoms with Crippen LogP contribution in [0.5, 0.6) is 0 Å². The van der Waals surface area contributed by atoms with E-state index in [2.05, 4.69) is 10.3 Å². The van der Waals surface area contributed by atoms with Crippen LogP contribution < -0.4 is 5.32 Å². The maximum Gasteiger partial charge on any atom is 0.428 e. The number of aryl methyl sites for hydroxylation is 1. The fourth-order valence-corrected chi connectivity index (χ4v) is 5.78. The van der Waals surface area contributed by atoms with Gasteiger partial charge in [0.05, 0.1) is 39.6 Å². The van der Waals surface area contributed by atoms with Crippen molar-refractivity contribution in [2.45, 2.75) is 38.6 Å². The van der Waals surface area contributed by atoms with Gasteiger partial charge >= 0.3 is 11.9 Å². The van der Waals surface area contributed by atoms with Crippen molar-refractivity contribution in [3.05, 3.63) is 78.1 Å². The lowest BCUT2D eigenvalue weighted by Crippen LogP contribution is -2.60. The first-order chi connectivity index (χ1) is 16.1. The third kappa shape index (κ3) is 3.98. The summed E-state index contributed by atoms with van der Waals surface area (Å²) in [5, 5.41) is 4.03. The van der Waals surface area contributed by atoms with E-state index in [4.69, 9.17) is 0 Å². The van der Waals surface area contributed by atoms with E-state index in [1.54, 1.807) is 11.3 Å². The van der Waals surface area contributed by atoms with E-state index in [0.29, 0.717) is 25.1 Å². The molecule has 5 rings (SSSR count). The van der Waals surface area contributed by atoms with Crippen LogP contribution in [0.25, 0.3) is 15.9 Å². The van der Waals surface area contributed by atoms with Crippen LogP contribution in [0.2, 0.25) is 0 Å². The number of para-hydroxylation sites is 3. The van der Waals surface area contributed by atoms with Gasteiger partial charge in [0, 0.05) is 31.7 Å². The number of urea groups is 1. The zero-order valence-corrected chi connectivity index (χ0v) is 19.4. The van der Waals surface area contributed by atoms with E-state index in [1.807, 2.05) is 84.5 Å². The lowest BCUT2D eigenvalue weighted by Gasteiger charge is -2.33. The van der Waals surface area contributed by atoms with Crippen molar-refractivity contribution in [1.29, 1.82) is 0 Å². The predicted molar refractivity (Wildman–Crippen MR) is 132 cm³/mol. The van der Waals surface area contributed by atoms with E-state index in [-0.39, 0.29) is 22.5 Å². The van der Waals surface area contributed by atoms with E-state index < -0.39 is 0 Å². The molecule has 0 aliphatic carbocycles. The summed E-state index contributed by atoms with van der Waals surface area (Å²) in [4.78, 5) is 31.9. The first kappa shape index (κ1) is 21.6. The van der Waals surface area contributed by atoms with Crippen LogP contribution >= 0.6 is 11.3 Å². The van der Waals surface area contributed by atoms with Gasteiger partial charge in [0.1, 0.15) is 6.04 Å². The number of quaternary nitrogens is 1. The molecule has 3 heterocycles. The summed E-state index contributed by atoms with van der Waals surface area (Å²) in [5.74, 6) is -0.0322. The van der Waals surface area contributed by atoms with Gasteiger partial charge in [-0.2, -0.15) is 4.48 Å². The number of benzene rings is 2. The van der Waals surface area contributed by atoms with Crippen LogP contribution in [0.4, 0.5) is 10.5 Å². The molecule has 2 aromatic heterocycles. The van der Waals surface area contributed by atoms with Crippen LogP contribution in [-0.4, -0.2) is 38.6 Å². The molecule has 0 bridgehead atoms. The number of nitrogens with one attached hydrogen (secondary N) is 1. The number of likely N-dealkylation sites (tertiary alicyclic amines) is 1. The lowest BCUT2D eigenvalue weighted by atomic mass is 10.2. The number of fused-ring (bicyclic) bond motifs is 1. The number of aromatic nitrogens is 2. The fraction of sp³-hybridized carbons (Fsp3) is 0.269. The summed E-state index contributed by atoms with van der Waals surface area (Å²) in [5.41, 5.74) is 2.54. The summed E-state index contributed by atoms with van der Waals surface area (Å²) >= 11 is 1.62. The van der Waals surface area contributed by atoms with Crippen molar-refractivity contribution in [3.8, 4) is 5.69 Å². The van der Waals surface area contributed by atoms with E-state index in [0.717, 1.165) is 33.8 Å². The van der Waals surface area contributed by atoms with Crippen molar-refractivity contribution in [1.82, 2.24) is 9.55 Å². The second-order valence-corrected chi connectivity index (χ2v) is 9.71. The topological polar surface area (TPSA) is 64.0 Å². The molecular formula is C26H27N4O2S+. The first-order valence-corrected chi connectivity index (χ1v) is 12.2. The highest BCUT2D eigenvalue weighted by Crippen LogP contribution is 2.32. The predicted octanol–water partition coefficient (Wildman–Crippen LogP) is 5.78. The smallest absolute Gasteiger partial charge is 0.322 e. The number of nitrogens with zero attached hydrogens (tertiary/aromatic N) is 3. The molecule has 0 radical (unpaired) electrons. The Hall–Kier alpha value is -3.29. The summed E-state index contributed by atoms with van der Waals surface area (Å²) in [7, 11) is 0. The van der Waals surface area contributed by atoms with Gasteiger partial charge < -0.3 is 4.57 Å². The summed E-state index contributed by atoms with van der Waals surface area (Å²) in [6, 6.07) is 19.3. The second-order valence-electron chi connectivity index (χ2n) is 8.59. The molecule has 4 aromatic rings. The number of carbonyl (C=O) groups excluding carboxylic acids is 2. The molecule has 6 nitrogen and oxygen atoms in total. The Balaban J connectivity index is 1.37. The Bertz CT molecular complexity index is 1260. The normalized spacial score (nSPS) is 20.2. The molecule has 2 atom stereocenters. The quantitative estimate of drug-likeness (QED) is 0.385. The summed E-state index contributed by atoms with van der Waals surface area (Å²) < 4.78 is 2.94. The van der Waals surface area contributed by atoms with Crippen LogP contribution in [0.15, 0.2) is 73.1 Å². The Morgan fingerprint density at radius 3 is 2.61 bits per heavy atom. The number of hydrogen-bond acceptors (Lipinski definition) is 4. The van der Waals surface area contributed by atoms with Gasteiger partial charge in [0.25, 0.3) is 0 Å². The van der Waals surface area contributed by atoms with Gasteiger partial charge in [0.2, 0.25) is 0 Å². The summed E-state index contributed by atoms with van der Waals surface area (Å²) in [6.07, 6.45) is 6.46. The zero-order chi connectivity index (χ0) is 22.8. The van der Waals surface area contributed by atoms with Gasteiger partial charge in [-0.15, -0.1) is 11.3 Å². The van der Waals surface area contributed by atoms with Crippen LogP contribution in [0.1, 0.15) is 31.2 Å². The molecule has 1 saturated heterocycles. The van der Waals surface area contributed by atoms with E-state index in [9.17, 15) is 9.59 Å². The molecule has 0 spiro atoms. The third-order valence-corrected chi connectivity index (χ3v) is 7.71. The highest BCUT2D eigenvalue weighted by atomic mass is 32.1. The number of carbonyl (C=O) groups is 2. The number of rotatable bonds is 5. The molecular weight excluding hydrogens is 432 g/mol. The van der Waals surface area contributed by atoms with Gasteiger partial charge in [-0.05, 0) is 43.3 Å². The molecule has 0 saturated carbocycles. The van der Waals surface area contributed by atoms with Crippen molar-refractivity contribution in [3.63, 3.8) is 0 Å². The summed E-state index contributed by atoms with van der Waals surface area (Å²) in [6.45, 7) is 2.55. The van der Waals surface area contributed by atoms with Crippen LogP contribution in [0.3, 0.4) is 0 Å². The Labute approximate surface area is 197 Å². The molecule has 33 heavy (non-hydrogen) atoms. The van der Waals surface area contributed by atoms with Gasteiger partial charge in [-0.25, -0.2) is 14.6 Å². The van der Waals surface area contributed by atoms with Gasteiger partial charge in [-0.1, -0.05) is 24.3 Å². The molecule has 1 N–H and O–H groups in total. The minimum absolute atomic E-state index is 0.0322. The minimum Gasteiger partial charge on any atom is -0.322 e. The molecule has 2 aromatic carbocycles. The molecule has 3 amide bonds. The minimum atomic E-state index is -0.242. The zero-order valence-electron chi connectivity index (χ0n) is 18.6. The fourth-order valence-electron chi connectivity index (χ4n) is 4.82. The molecule has 1 unspecified atom stereocenters. The second kappa shape index (κ2) is 8.92. The molecule has 7 heteroatoms. The monoisotopic (exact) mass is 459 g/mol. The Morgan fingerprint density at radius 2 is 1.85 bits per heavy atom. The lowest BCUT2D eigenvalue weighted by molar-refractivity contribution is -0.782. The van der Waals surface area contributed by atoms with Crippen molar-refractivity contribution < 1.29 is 14.1 Å². The highest BCUT2D eigenvalue weighted by Gasteiger charge is 2.52. The van der Waals surface area contributed by atoms with Crippen molar-refractivity contribution in [2.24, 2.45) is 0 Å². The Kier molecular flexibility index (Phi) is 5.83. The third-order valence-electron chi connectivity index (χ3n) is 6.61. The Morgan fingerprint density at radius 1 is 1.09 bits per heavy atom. The highest BCUT2D eigenvalue weighted by molar-refractivity contribution is 7.18. The number of anilines is 1. The average Bonchev–Trinajstić information content (AvgIpc) is 3.57. The van der Waals surface area contributed by atoms with E-state index in [1.165, 1.54) is 0 Å². The average molecular weight is 460 g/mol. The number of amides is 3. The molecule has 168 valence electrons. The number of thiazole rings is 1. The maximum absolute atomic E-state index is 13.7. The van der Waals surface area contributed by atoms with Crippen molar-refractivity contribution in [2.75, 3.05) is 11.9 Å². The SMILES string of the molecule is C[C@@H]1CCC[N+]1(C(=O)CCc1nc2ccccc2s1)C(=O)Nc1ccccc1-n1cccc1. The standard InChI is InChI=1S/C26H26N4O2S/c1-19-9-8-18-30(19,25(31)15-14-24-27-21-11-3-5-13-23(21)33-24)26(32)28-20-10-2-4-12-22(20)29-16-6-7-17-29/h2-7,10-13,16-17,19H,8-9,14-15,18H2,1H3/p+1/t19-,30?/m1/s1. The van der Waals surface area contributed by atoms with E-state index >= 15 is 0 Å². The van der Waals surface area contributed by atoms with Crippen LogP contribution in [0, 0.1) is 0 Å². The molecule has 1 aliphatic heterocycles. The number of hydrogen-bond donors (Lipinski definition) is 1. The van der Waals surface area contributed by atoms with Gasteiger partial charge in [-0.3, -0.25) is 5.32 Å². The first-order valence-electron chi connectivity index (χ1n) is 11.4. The molecule has 1 aliphatic rings. The van der Waals surface area contributed by atoms with Crippen molar-refractivity contribution >= 4 is 39.2 Å². The van der Waals surface area contributed by atoms with Gasteiger partial charge in [0.15, 0.2) is 0 Å². The molecule has 1 fully saturated rings. The number of imide groups is 1. The largest absolute Gasteiger partial charge is 0.428 e. The maximum atomic E-state index is 13.7.